The summed E-state index contributed by atoms with van der Waals surface area (Å²) in [5, 5.41) is 6.29. The number of rotatable bonds is 8. The Bertz CT molecular complexity index is 204. The molecule has 0 aromatic carbocycles. The minimum Gasteiger partial charge on any atom is -0.382 e. The Morgan fingerprint density at radius 2 is 2.18 bits per heavy atom. The van der Waals surface area contributed by atoms with Gasteiger partial charge in [0.05, 0.1) is 0 Å². The second kappa shape index (κ2) is 9.42. The molecule has 1 heterocycles. The van der Waals surface area contributed by atoms with Gasteiger partial charge < -0.3 is 15.4 Å². The van der Waals surface area contributed by atoms with Crippen molar-refractivity contribution in [2.45, 2.75) is 39.0 Å². The van der Waals surface area contributed by atoms with Gasteiger partial charge in [0.25, 0.3) is 0 Å². The second-order valence-electron chi connectivity index (χ2n) is 4.63. The van der Waals surface area contributed by atoms with Gasteiger partial charge in [0.2, 0.25) is 5.91 Å². The third kappa shape index (κ3) is 7.34. The molecule has 100 valence electrons. The van der Waals surface area contributed by atoms with Crippen LogP contribution in [0.3, 0.4) is 0 Å². The lowest BCUT2D eigenvalue weighted by Crippen LogP contribution is -2.29. The van der Waals surface area contributed by atoms with Gasteiger partial charge in [-0.2, -0.15) is 0 Å². The highest BCUT2D eigenvalue weighted by molar-refractivity contribution is 5.75. The molecule has 0 aliphatic carbocycles. The number of ether oxygens (including phenoxy) is 1. The van der Waals surface area contributed by atoms with E-state index in [1.807, 2.05) is 6.92 Å². The maximum atomic E-state index is 11.6. The van der Waals surface area contributed by atoms with Crippen LogP contribution in [0.15, 0.2) is 0 Å². The molecule has 1 aliphatic rings. The smallest absolute Gasteiger partial charge is 0.220 e. The van der Waals surface area contributed by atoms with E-state index in [0.29, 0.717) is 6.42 Å². The van der Waals surface area contributed by atoms with Crippen molar-refractivity contribution in [3.8, 4) is 0 Å². The Balaban J connectivity index is 1.93. The fraction of sp³-hybridized carbons (Fsp3) is 0.923. The molecule has 1 fully saturated rings. The highest BCUT2D eigenvalue weighted by Crippen LogP contribution is 2.17. The summed E-state index contributed by atoms with van der Waals surface area (Å²) in [5.74, 6) is 0.936. The number of nitrogens with one attached hydrogen (secondary N) is 2. The van der Waals surface area contributed by atoms with Crippen LogP contribution in [0.1, 0.15) is 39.0 Å². The van der Waals surface area contributed by atoms with Gasteiger partial charge in [-0.1, -0.05) is 0 Å². The molecule has 0 saturated carbocycles. The quantitative estimate of drug-likeness (QED) is 0.631. The van der Waals surface area contributed by atoms with Crippen molar-refractivity contribution in [2.24, 2.45) is 5.92 Å². The predicted octanol–water partition coefficient (Wildman–Crippen LogP) is 1.31. The van der Waals surface area contributed by atoms with Gasteiger partial charge in [-0.05, 0) is 51.6 Å². The van der Waals surface area contributed by atoms with Crippen molar-refractivity contribution in [3.05, 3.63) is 0 Å². The van der Waals surface area contributed by atoms with E-state index >= 15 is 0 Å². The van der Waals surface area contributed by atoms with E-state index in [1.54, 1.807) is 0 Å². The Hall–Kier alpha value is -0.610. The predicted molar refractivity (Wildman–Crippen MR) is 68.9 cm³/mol. The van der Waals surface area contributed by atoms with E-state index in [4.69, 9.17) is 4.74 Å². The van der Waals surface area contributed by atoms with Crippen LogP contribution in [0.4, 0.5) is 0 Å². The van der Waals surface area contributed by atoms with Gasteiger partial charge in [-0.15, -0.1) is 0 Å². The monoisotopic (exact) mass is 242 g/mol. The zero-order valence-electron chi connectivity index (χ0n) is 11.0. The SMILES string of the molecule is CCOCCCNC(=O)CCC1CCNCC1. The van der Waals surface area contributed by atoms with Crippen LogP contribution in [0, 0.1) is 5.92 Å². The third-order valence-electron chi connectivity index (χ3n) is 3.23. The molecular weight excluding hydrogens is 216 g/mol. The van der Waals surface area contributed by atoms with Crippen LogP contribution in [-0.4, -0.2) is 38.8 Å². The second-order valence-corrected chi connectivity index (χ2v) is 4.63. The van der Waals surface area contributed by atoms with Crippen LogP contribution >= 0.6 is 0 Å². The van der Waals surface area contributed by atoms with E-state index in [0.717, 1.165) is 51.6 Å². The highest BCUT2D eigenvalue weighted by Gasteiger charge is 2.14. The van der Waals surface area contributed by atoms with Crippen LogP contribution in [0.5, 0.6) is 0 Å². The first-order valence-corrected chi connectivity index (χ1v) is 6.88. The van der Waals surface area contributed by atoms with Gasteiger partial charge in [-0.25, -0.2) is 0 Å². The van der Waals surface area contributed by atoms with Gasteiger partial charge >= 0.3 is 0 Å². The van der Waals surface area contributed by atoms with Crippen LogP contribution in [-0.2, 0) is 9.53 Å². The summed E-state index contributed by atoms with van der Waals surface area (Å²) < 4.78 is 5.21. The van der Waals surface area contributed by atoms with Crippen molar-refractivity contribution in [2.75, 3.05) is 32.8 Å². The maximum Gasteiger partial charge on any atom is 0.220 e. The molecule has 0 radical (unpaired) electrons. The molecule has 4 heteroatoms. The molecular formula is C13H26N2O2. The molecule has 1 saturated heterocycles. The van der Waals surface area contributed by atoms with Crippen molar-refractivity contribution >= 4 is 5.91 Å². The van der Waals surface area contributed by atoms with E-state index in [9.17, 15) is 4.79 Å². The summed E-state index contributed by atoms with van der Waals surface area (Å²) in [6.45, 7) is 6.44. The fourth-order valence-corrected chi connectivity index (χ4v) is 2.14. The largest absolute Gasteiger partial charge is 0.382 e. The standard InChI is InChI=1S/C13H26N2O2/c1-2-17-11-3-8-15-13(16)5-4-12-6-9-14-10-7-12/h12,14H,2-11H2,1H3,(H,15,16). The molecule has 0 spiro atoms. The molecule has 0 aromatic rings. The zero-order valence-corrected chi connectivity index (χ0v) is 11.0. The van der Waals surface area contributed by atoms with E-state index in [-0.39, 0.29) is 5.91 Å². The Morgan fingerprint density at radius 1 is 1.41 bits per heavy atom. The molecule has 0 atom stereocenters. The summed E-state index contributed by atoms with van der Waals surface area (Å²) >= 11 is 0. The Morgan fingerprint density at radius 3 is 2.88 bits per heavy atom. The van der Waals surface area contributed by atoms with E-state index < -0.39 is 0 Å². The van der Waals surface area contributed by atoms with E-state index in [1.165, 1.54) is 12.8 Å². The van der Waals surface area contributed by atoms with Crippen molar-refractivity contribution in [1.82, 2.24) is 10.6 Å². The molecule has 4 nitrogen and oxygen atoms in total. The molecule has 0 unspecified atom stereocenters. The molecule has 0 bridgehead atoms. The molecule has 1 amide bonds. The molecule has 1 aliphatic heterocycles. The highest BCUT2D eigenvalue weighted by atomic mass is 16.5. The van der Waals surface area contributed by atoms with Crippen molar-refractivity contribution in [3.63, 3.8) is 0 Å². The number of piperidine rings is 1. The number of hydrogen-bond donors (Lipinski definition) is 2. The van der Waals surface area contributed by atoms with Crippen LogP contribution < -0.4 is 10.6 Å². The third-order valence-corrected chi connectivity index (χ3v) is 3.23. The average Bonchev–Trinajstić information content (AvgIpc) is 2.37. The number of carbonyl (C=O) groups excluding carboxylic acids is 1. The minimum absolute atomic E-state index is 0.194. The number of hydrogen-bond acceptors (Lipinski definition) is 3. The van der Waals surface area contributed by atoms with Gasteiger partial charge in [0.15, 0.2) is 0 Å². The summed E-state index contributed by atoms with van der Waals surface area (Å²) in [4.78, 5) is 11.6. The zero-order chi connectivity index (χ0) is 12.3. The fourth-order valence-electron chi connectivity index (χ4n) is 2.14. The van der Waals surface area contributed by atoms with Crippen molar-refractivity contribution in [1.29, 1.82) is 0 Å². The lowest BCUT2D eigenvalue weighted by molar-refractivity contribution is -0.121. The molecule has 17 heavy (non-hydrogen) atoms. The van der Waals surface area contributed by atoms with Gasteiger partial charge in [0, 0.05) is 26.2 Å². The molecule has 1 rings (SSSR count). The number of amides is 1. The van der Waals surface area contributed by atoms with Crippen LogP contribution in [0.2, 0.25) is 0 Å². The Labute approximate surface area is 104 Å². The first-order valence-electron chi connectivity index (χ1n) is 6.88. The topological polar surface area (TPSA) is 50.4 Å². The summed E-state index contributed by atoms with van der Waals surface area (Å²) in [7, 11) is 0. The lowest BCUT2D eigenvalue weighted by Gasteiger charge is -2.22. The summed E-state index contributed by atoms with van der Waals surface area (Å²) in [6, 6.07) is 0. The molecule has 0 aromatic heterocycles. The normalized spacial score (nSPS) is 17.0. The first-order chi connectivity index (χ1) is 8.33. The van der Waals surface area contributed by atoms with Gasteiger partial charge in [-0.3, -0.25) is 4.79 Å². The Kier molecular flexibility index (Phi) is 8.01. The minimum atomic E-state index is 0.194. The van der Waals surface area contributed by atoms with Gasteiger partial charge in [0.1, 0.15) is 0 Å². The van der Waals surface area contributed by atoms with E-state index in [2.05, 4.69) is 10.6 Å². The lowest BCUT2D eigenvalue weighted by atomic mass is 9.93. The number of carbonyl (C=O) groups is 1. The van der Waals surface area contributed by atoms with Crippen molar-refractivity contribution < 1.29 is 9.53 Å². The maximum absolute atomic E-state index is 11.6. The average molecular weight is 242 g/mol. The molecule has 2 N–H and O–H groups in total. The summed E-state index contributed by atoms with van der Waals surface area (Å²) in [6.07, 6.45) is 5.07. The summed E-state index contributed by atoms with van der Waals surface area (Å²) in [5.41, 5.74) is 0. The first kappa shape index (κ1) is 14.5. The van der Waals surface area contributed by atoms with Crippen LogP contribution in [0.25, 0.3) is 0 Å².